The molecule has 1 aliphatic heterocycles. The van der Waals surface area contributed by atoms with Gasteiger partial charge < -0.3 is 19.7 Å². The van der Waals surface area contributed by atoms with Crippen LogP contribution in [0.1, 0.15) is 92.6 Å². The van der Waals surface area contributed by atoms with Crippen LogP contribution in [0.2, 0.25) is 5.15 Å². The van der Waals surface area contributed by atoms with Crippen molar-refractivity contribution in [2.24, 2.45) is 11.3 Å². The van der Waals surface area contributed by atoms with Gasteiger partial charge in [-0.1, -0.05) is 17.7 Å². The Labute approximate surface area is 314 Å². The number of rotatable bonds is 14. The lowest BCUT2D eigenvalue weighted by atomic mass is 9.93. The fraction of sp³-hybridized carbons (Fsp3) is 0.571. The normalized spacial score (nSPS) is 18.9. The molecule has 2 amide bonds. The Morgan fingerprint density at radius 1 is 1.09 bits per heavy atom. The molecule has 5 rings (SSSR count). The molecule has 0 radical (unpaired) electrons. The zero-order valence-electron chi connectivity index (χ0n) is 32.1. The van der Waals surface area contributed by atoms with Gasteiger partial charge >= 0.3 is 12.3 Å². The number of hydrogen-bond acceptors (Lipinski definition) is 10. The van der Waals surface area contributed by atoms with Gasteiger partial charge in [0.15, 0.2) is 10.8 Å². The number of sulfonamides is 1. The number of carbonyl (C=O) groups is 2. The first-order valence-corrected chi connectivity index (χ1v) is 19.0. The van der Waals surface area contributed by atoms with Gasteiger partial charge in [-0.05, 0) is 110 Å². The van der Waals surface area contributed by atoms with Gasteiger partial charge in [0.1, 0.15) is 16.6 Å². The standard InChI is InChI=1S/C35H45ClF3N7O6S/c1-32(2,3)52-31(48)45-22-23(21-33(45,4)5)9-7-18-40-25-10-6-11-28(41-25)53(49,50)44-30(47)24-12-13-26(42-29(24)36)46-19-14-27(43-46)51-20-8-15-34(16-17-34)35(37,38)39/h6,10-14,19,23H,7-9,15-18,20-22H2,1-5H3,(H,40,41)(H,44,47)/t23-/m0/s1/i15D2. The predicted molar refractivity (Wildman–Crippen MR) is 191 cm³/mol. The first-order valence-electron chi connectivity index (χ1n) is 18.1. The molecule has 0 aromatic carbocycles. The zero-order valence-corrected chi connectivity index (χ0v) is 31.7. The molecule has 0 bridgehead atoms. The molecule has 13 nitrogen and oxygen atoms in total. The molecule has 4 heterocycles. The van der Waals surface area contributed by atoms with Crippen LogP contribution in [0.25, 0.3) is 5.82 Å². The number of aromatic nitrogens is 4. The van der Waals surface area contributed by atoms with Crippen molar-refractivity contribution in [3.63, 3.8) is 0 Å². The molecule has 290 valence electrons. The summed E-state index contributed by atoms with van der Waals surface area (Å²) in [5.74, 6) is -0.400. The molecular formula is C35H45ClF3N7O6S. The van der Waals surface area contributed by atoms with Crippen LogP contribution in [0.3, 0.4) is 0 Å². The number of halogens is 4. The molecule has 3 aromatic rings. The summed E-state index contributed by atoms with van der Waals surface area (Å²) in [6.07, 6.45) is -4.74. The molecule has 3 aromatic heterocycles. The number of carbonyl (C=O) groups excluding carboxylic acids is 2. The van der Waals surface area contributed by atoms with Gasteiger partial charge in [0.25, 0.3) is 15.9 Å². The summed E-state index contributed by atoms with van der Waals surface area (Å²) in [5.41, 5.74) is -3.55. The third-order valence-corrected chi connectivity index (χ3v) is 10.4. The minimum absolute atomic E-state index is 0.00722. The summed E-state index contributed by atoms with van der Waals surface area (Å²) in [6, 6.07) is 8.30. The van der Waals surface area contributed by atoms with Crippen LogP contribution in [0.15, 0.2) is 47.6 Å². The van der Waals surface area contributed by atoms with Crippen LogP contribution in [0.5, 0.6) is 5.88 Å². The maximum Gasteiger partial charge on any atom is 0.410 e. The fourth-order valence-corrected chi connectivity index (χ4v) is 7.25. The van der Waals surface area contributed by atoms with E-state index in [9.17, 15) is 31.2 Å². The Hall–Kier alpha value is -4.12. The molecular weight excluding hydrogens is 739 g/mol. The van der Waals surface area contributed by atoms with E-state index in [0.29, 0.717) is 13.1 Å². The summed E-state index contributed by atoms with van der Waals surface area (Å²) < 4.78 is 96.5. The van der Waals surface area contributed by atoms with Crippen molar-refractivity contribution in [1.82, 2.24) is 29.4 Å². The Kier molecular flexibility index (Phi) is 10.8. The molecule has 0 spiro atoms. The van der Waals surface area contributed by atoms with Gasteiger partial charge in [0.05, 0.1) is 17.6 Å². The molecule has 2 fully saturated rings. The van der Waals surface area contributed by atoms with Gasteiger partial charge in [-0.3, -0.25) is 4.79 Å². The van der Waals surface area contributed by atoms with E-state index in [0.717, 1.165) is 19.3 Å². The monoisotopic (exact) mass is 785 g/mol. The van der Waals surface area contributed by atoms with E-state index in [1.165, 1.54) is 41.2 Å². The van der Waals surface area contributed by atoms with E-state index < -0.39 is 50.9 Å². The number of likely N-dealkylation sites (tertiary alicyclic amines) is 1. The molecule has 1 saturated carbocycles. The Balaban J connectivity index is 1.11. The van der Waals surface area contributed by atoms with Gasteiger partial charge in [0, 0.05) is 33.6 Å². The number of hydrogen-bond donors (Lipinski definition) is 2. The van der Waals surface area contributed by atoms with Crippen molar-refractivity contribution in [3.05, 3.63) is 53.3 Å². The van der Waals surface area contributed by atoms with E-state index in [2.05, 4.69) is 20.4 Å². The van der Waals surface area contributed by atoms with Gasteiger partial charge in [0.2, 0.25) is 5.88 Å². The average molecular weight is 786 g/mol. The average Bonchev–Trinajstić information content (AvgIpc) is 3.69. The summed E-state index contributed by atoms with van der Waals surface area (Å²) >= 11 is 6.26. The quantitative estimate of drug-likeness (QED) is 0.127. The molecule has 1 saturated heterocycles. The number of pyridine rings is 2. The highest BCUT2D eigenvalue weighted by Crippen LogP contribution is 2.60. The number of nitrogens with zero attached hydrogens (tertiary/aromatic N) is 5. The third-order valence-electron chi connectivity index (χ3n) is 8.88. The predicted octanol–water partition coefficient (Wildman–Crippen LogP) is 7.16. The summed E-state index contributed by atoms with van der Waals surface area (Å²) in [7, 11) is -4.43. The van der Waals surface area contributed by atoms with Crippen LogP contribution in [-0.2, 0) is 14.8 Å². The van der Waals surface area contributed by atoms with Crippen molar-refractivity contribution in [2.75, 3.05) is 25.0 Å². The number of amides is 2. The van der Waals surface area contributed by atoms with Gasteiger partial charge in [-0.25, -0.2) is 24.2 Å². The Morgan fingerprint density at radius 3 is 2.49 bits per heavy atom. The van der Waals surface area contributed by atoms with E-state index in [4.69, 9.17) is 23.8 Å². The summed E-state index contributed by atoms with van der Waals surface area (Å²) in [6.45, 7) is 10.3. The van der Waals surface area contributed by atoms with Crippen LogP contribution in [-0.4, -0.2) is 82.1 Å². The van der Waals surface area contributed by atoms with Crippen molar-refractivity contribution < 1.29 is 43.4 Å². The van der Waals surface area contributed by atoms with E-state index >= 15 is 0 Å². The number of alkyl halides is 3. The second-order valence-corrected chi connectivity index (χ2v) is 16.8. The van der Waals surface area contributed by atoms with E-state index in [1.807, 2.05) is 39.3 Å². The van der Waals surface area contributed by atoms with Crippen molar-refractivity contribution in [1.29, 1.82) is 0 Å². The second kappa shape index (κ2) is 15.3. The molecule has 0 unspecified atom stereocenters. The largest absolute Gasteiger partial charge is 0.477 e. The highest BCUT2D eigenvalue weighted by atomic mass is 35.5. The molecule has 53 heavy (non-hydrogen) atoms. The van der Waals surface area contributed by atoms with E-state index in [-0.39, 0.29) is 65.2 Å². The maximum atomic E-state index is 13.4. The lowest BCUT2D eigenvalue weighted by Gasteiger charge is -2.33. The van der Waals surface area contributed by atoms with Crippen LogP contribution in [0.4, 0.5) is 23.8 Å². The van der Waals surface area contributed by atoms with Crippen molar-refractivity contribution in [2.45, 2.75) is 102 Å². The van der Waals surface area contributed by atoms with Gasteiger partial charge in [-0.15, -0.1) is 5.10 Å². The lowest BCUT2D eigenvalue weighted by Crippen LogP contribution is -2.45. The number of ether oxygens (including phenoxy) is 2. The molecule has 18 heteroatoms. The number of anilines is 1. The second-order valence-electron chi connectivity index (χ2n) is 14.8. The highest BCUT2D eigenvalue weighted by molar-refractivity contribution is 7.90. The Bertz CT molecular complexity index is 2010. The number of nitrogens with one attached hydrogen (secondary N) is 2. The van der Waals surface area contributed by atoms with Crippen molar-refractivity contribution >= 4 is 39.4 Å². The first kappa shape index (κ1) is 37.2. The summed E-state index contributed by atoms with van der Waals surface area (Å²) in [5, 5.41) is 6.49. The maximum absolute atomic E-state index is 13.4. The zero-order chi connectivity index (χ0) is 40.6. The fourth-order valence-electron chi connectivity index (χ4n) is 6.08. The van der Waals surface area contributed by atoms with Crippen LogP contribution in [0, 0.1) is 11.3 Å². The molecule has 2 N–H and O–H groups in total. The molecule has 2 aliphatic rings. The van der Waals surface area contributed by atoms with E-state index in [1.54, 1.807) is 11.0 Å². The first-order chi connectivity index (χ1) is 25.4. The minimum Gasteiger partial charge on any atom is -0.477 e. The van der Waals surface area contributed by atoms with Crippen LogP contribution >= 0.6 is 11.6 Å². The topological polar surface area (TPSA) is 158 Å². The SMILES string of the molecule is [2H]C([2H])(CCOc1ccn(-c2ccc(C(=O)NS(=O)(=O)c3cccc(NCCC[C@@H]4CN(C(=O)OC(C)(C)C)C(C)(C)C4)n3)c(Cl)n2)n1)C1(C(F)(F)F)CC1. The molecule has 1 aliphatic carbocycles. The Morgan fingerprint density at radius 2 is 1.83 bits per heavy atom. The minimum atomic E-state index is -4.65. The smallest absolute Gasteiger partial charge is 0.410 e. The third kappa shape index (κ3) is 10.1. The van der Waals surface area contributed by atoms with Gasteiger partial charge in [-0.2, -0.15) is 21.6 Å². The lowest BCUT2D eigenvalue weighted by molar-refractivity contribution is -0.189. The highest BCUT2D eigenvalue weighted by Gasteiger charge is 2.62. The summed E-state index contributed by atoms with van der Waals surface area (Å²) in [4.78, 5) is 35.8. The van der Waals surface area contributed by atoms with Crippen LogP contribution < -0.4 is 14.8 Å². The molecule has 1 atom stereocenters. The van der Waals surface area contributed by atoms with Crippen molar-refractivity contribution in [3.8, 4) is 11.7 Å².